The molecule has 0 aliphatic carbocycles. The summed E-state index contributed by atoms with van der Waals surface area (Å²) in [5.74, 6) is 0.209. The van der Waals surface area contributed by atoms with E-state index in [9.17, 15) is 13.2 Å². The number of benzene rings is 2. The van der Waals surface area contributed by atoms with Gasteiger partial charge >= 0.3 is 0 Å². The van der Waals surface area contributed by atoms with Crippen LogP contribution in [0.15, 0.2) is 41.3 Å². The fraction of sp³-hybridized carbons (Fsp3) is 0.350. The number of nitrogens with zero attached hydrogens (tertiary/aromatic N) is 1. The molecule has 0 radical (unpaired) electrons. The molecule has 2 aromatic carbocycles. The van der Waals surface area contributed by atoms with E-state index in [0.717, 1.165) is 15.4 Å². The van der Waals surface area contributed by atoms with Crippen molar-refractivity contribution >= 4 is 21.6 Å². The molecule has 146 valence electrons. The van der Waals surface area contributed by atoms with E-state index >= 15 is 0 Å². The second kappa shape index (κ2) is 8.54. The zero-order chi connectivity index (χ0) is 20.2. The van der Waals surface area contributed by atoms with Crippen LogP contribution >= 0.6 is 0 Å². The smallest absolute Gasteiger partial charge is 0.242 e. The highest BCUT2D eigenvalue weighted by Crippen LogP contribution is 2.28. The number of anilines is 1. The largest absolute Gasteiger partial charge is 0.495 e. The van der Waals surface area contributed by atoms with Gasteiger partial charge in [0.15, 0.2) is 0 Å². The first-order chi connectivity index (χ1) is 12.6. The van der Waals surface area contributed by atoms with E-state index in [2.05, 4.69) is 11.4 Å². The predicted molar refractivity (Wildman–Crippen MR) is 107 cm³/mol. The third-order valence-corrected chi connectivity index (χ3v) is 6.15. The molecule has 27 heavy (non-hydrogen) atoms. The van der Waals surface area contributed by atoms with Crippen molar-refractivity contribution in [2.24, 2.45) is 0 Å². The summed E-state index contributed by atoms with van der Waals surface area (Å²) < 4.78 is 31.0. The summed E-state index contributed by atoms with van der Waals surface area (Å²) in [7, 11) is 0.794. The number of hydrogen-bond acceptors (Lipinski definition) is 4. The van der Waals surface area contributed by atoms with Crippen molar-refractivity contribution in [1.82, 2.24) is 4.31 Å². The van der Waals surface area contributed by atoms with Crippen molar-refractivity contribution in [3.63, 3.8) is 0 Å². The summed E-state index contributed by atoms with van der Waals surface area (Å²) in [5.41, 5.74) is 3.79. The monoisotopic (exact) mass is 390 g/mol. The van der Waals surface area contributed by atoms with Gasteiger partial charge in [-0.25, -0.2) is 12.7 Å². The molecule has 0 atom stereocenters. The second-order valence-electron chi connectivity index (χ2n) is 6.63. The second-order valence-corrected chi connectivity index (χ2v) is 8.78. The third kappa shape index (κ3) is 5.08. The maximum absolute atomic E-state index is 12.4. The molecule has 0 saturated carbocycles. The Morgan fingerprint density at radius 3 is 2.41 bits per heavy atom. The Morgan fingerprint density at radius 1 is 1.11 bits per heavy atom. The van der Waals surface area contributed by atoms with Gasteiger partial charge in [-0.1, -0.05) is 23.8 Å². The fourth-order valence-corrected chi connectivity index (χ4v) is 3.67. The molecule has 6 nitrogen and oxygen atoms in total. The third-order valence-electron chi connectivity index (χ3n) is 4.34. The first kappa shape index (κ1) is 20.9. The van der Waals surface area contributed by atoms with E-state index in [0.29, 0.717) is 17.9 Å². The molecule has 2 rings (SSSR count). The minimum atomic E-state index is -3.60. The average Bonchev–Trinajstić information content (AvgIpc) is 2.60. The van der Waals surface area contributed by atoms with Crippen molar-refractivity contribution < 1.29 is 17.9 Å². The number of aryl methyl sites for hydroxylation is 3. The van der Waals surface area contributed by atoms with Crippen molar-refractivity contribution in [3.8, 4) is 5.75 Å². The first-order valence-corrected chi connectivity index (χ1v) is 10.1. The lowest BCUT2D eigenvalue weighted by atomic mass is 10.0. The number of methoxy groups -OCH3 is 1. The van der Waals surface area contributed by atoms with Gasteiger partial charge in [-0.2, -0.15) is 0 Å². The van der Waals surface area contributed by atoms with E-state index in [4.69, 9.17) is 4.74 Å². The predicted octanol–water partition coefficient (Wildman–Crippen LogP) is 3.13. The van der Waals surface area contributed by atoms with Gasteiger partial charge in [-0.3, -0.25) is 4.79 Å². The highest BCUT2D eigenvalue weighted by Gasteiger charge is 2.19. The number of carbonyl (C=O) groups is 1. The van der Waals surface area contributed by atoms with Crippen LogP contribution in [-0.2, 0) is 21.2 Å². The molecule has 0 bridgehead atoms. The Bertz CT molecular complexity index is 937. The van der Waals surface area contributed by atoms with E-state index in [1.165, 1.54) is 45.0 Å². The van der Waals surface area contributed by atoms with Crippen LogP contribution in [0.5, 0.6) is 5.75 Å². The van der Waals surface area contributed by atoms with Gasteiger partial charge in [0.1, 0.15) is 5.75 Å². The van der Waals surface area contributed by atoms with Gasteiger partial charge < -0.3 is 10.1 Å². The molecule has 0 unspecified atom stereocenters. The highest BCUT2D eigenvalue weighted by molar-refractivity contribution is 7.89. The van der Waals surface area contributed by atoms with E-state index < -0.39 is 10.0 Å². The molecule has 0 spiro atoms. The number of rotatable bonds is 7. The van der Waals surface area contributed by atoms with Crippen LogP contribution in [0.25, 0.3) is 0 Å². The topological polar surface area (TPSA) is 75.7 Å². The van der Waals surface area contributed by atoms with E-state index in [-0.39, 0.29) is 17.2 Å². The molecule has 0 aliphatic rings. The van der Waals surface area contributed by atoms with Crippen LogP contribution in [0.4, 0.5) is 5.69 Å². The molecule has 1 amide bonds. The molecular formula is C20H26N2O4S. The molecule has 0 aromatic heterocycles. The lowest BCUT2D eigenvalue weighted by molar-refractivity contribution is -0.116. The molecule has 0 fully saturated rings. The highest BCUT2D eigenvalue weighted by atomic mass is 32.2. The van der Waals surface area contributed by atoms with E-state index in [1.54, 1.807) is 0 Å². The molecule has 7 heteroatoms. The van der Waals surface area contributed by atoms with Crippen molar-refractivity contribution in [1.29, 1.82) is 0 Å². The van der Waals surface area contributed by atoms with Gasteiger partial charge in [0.25, 0.3) is 0 Å². The Labute approximate surface area is 161 Å². The van der Waals surface area contributed by atoms with Crippen molar-refractivity contribution in [3.05, 3.63) is 53.1 Å². The summed E-state index contributed by atoms with van der Waals surface area (Å²) in [6.07, 6.45) is 0.896. The van der Waals surface area contributed by atoms with Crippen LogP contribution in [0.1, 0.15) is 23.1 Å². The minimum Gasteiger partial charge on any atom is -0.495 e. The number of hydrogen-bond donors (Lipinski definition) is 1. The van der Waals surface area contributed by atoms with E-state index in [1.807, 2.05) is 26.0 Å². The summed E-state index contributed by atoms with van der Waals surface area (Å²) in [6, 6.07) is 10.6. The summed E-state index contributed by atoms with van der Waals surface area (Å²) >= 11 is 0. The molecule has 2 aromatic rings. The van der Waals surface area contributed by atoms with Gasteiger partial charge in [0.05, 0.1) is 17.7 Å². The average molecular weight is 391 g/mol. The van der Waals surface area contributed by atoms with Gasteiger partial charge in [-0.15, -0.1) is 0 Å². The normalized spacial score (nSPS) is 11.5. The molecule has 0 heterocycles. The summed E-state index contributed by atoms with van der Waals surface area (Å²) in [6.45, 7) is 4.06. The zero-order valence-electron chi connectivity index (χ0n) is 16.4. The van der Waals surface area contributed by atoms with Crippen LogP contribution in [-0.4, -0.2) is 39.8 Å². The SMILES string of the molecule is COc1ccc(S(=O)(=O)N(C)C)cc1NC(=O)CCc1ccc(C)cc1C. The lowest BCUT2D eigenvalue weighted by Gasteiger charge is -2.15. The Kier molecular flexibility index (Phi) is 6.62. The maximum atomic E-state index is 12.4. The van der Waals surface area contributed by atoms with Gasteiger partial charge in [-0.05, 0) is 49.6 Å². The lowest BCUT2D eigenvalue weighted by Crippen LogP contribution is -2.22. The fourth-order valence-electron chi connectivity index (χ4n) is 2.74. The van der Waals surface area contributed by atoms with Crippen molar-refractivity contribution in [2.75, 3.05) is 26.5 Å². The standard InChI is InChI=1S/C20H26N2O4S/c1-14-6-7-16(15(2)12-14)8-11-20(23)21-18-13-17(9-10-19(18)26-5)27(24,25)22(3)4/h6-7,9-10,12-13H,8,11H2,1-5H3,(H,21,23). The van der Waals surface area contributed by atoms with Gasteiger partial charge in [0.2, 0.25) is 15.9 Å². The van der Waals surface area contributed by atoms with Crippen molar-refractivity contribution in [2.45, 2.75) is 31.6 Å². The summed E-state index contributed by atoms with van der Waals surface area (Å²) in [4.78, 5) is 12.5. The first-order valence-electron chi connectivity index (χ1n) is 8.61. The Balaban J connectivity index is 2.16. The molecule has 0 saturated heterocycles. The molecule has 1 N–H and O–H groups in total. The summed E-state index contributed by atoms with van der Waals surface area (Å²) in [5, 5.41) is 2.77. The Morgan fingerprint density at radius 2 is 1.81 bits per heavy atom. The quantitative estimate of drug-likeness (QED) is 0.788. The van der Waals surface area contributed by atoms with Crippen LogP contribution in [0.2, 0.25) is 0 Å². The number of sulfonamides is 1. The number of nitrogens with one attached hydrogen (secondary N) is 1. The molecule has 0 aliphatic heterocycles. The number of amides is 1. The Hall–Kier alpha value is -2.38. The van der Waals surface area contributed by atoms with Crippen LogP contribution < -0.4 is 10.1 Å². The van der Waals surface area contributed by atoms with Crippen LogP contribution in [0.3, 0.4) is 0 Å². The number of ether oxygens (including phenoxy) is 1. The van der Waals surface area contributed by atoms with Crippen LogP contribution in [0, 0.1) is 13.8 Å². The maximum Gasteiger partial charge on any atom is 0.242 e. The molecular weight excluding hydrogens is 364 g/mol. The van der Waals surface area contributed by atoms with Gasteiger partial charge in [0, 0.05) is 20.5 Å². The number of carbonyl (C=O) groups excluding carboxylic acids is 1. The minimum absolute atomic E-state index is 0.0954. The zero-order valence-corrected chi connectivity index (χ0v) is 17.2.